The molecule has 0 fully saturated rings. The zero-order valence-electron chi connectivity index (χ0n) is 14.7. The van der Waals surface area contributed by atoms with Gasteiger partial charge in [-0.2, -0.15) is 6.07 Å². The summed E-state index contributed by atoms with van der Waals surface area (Å²) < 4.78 is 0. The molecule has 0 saturated carbocycles. The van der Waals surface area contributed by atoms with E-state index in [1.807, 2.05) is 0 Å². The Balaban J connectivity index is 0.000000647. The maximum atomic E-state index is 4.93. The Labute approximate surface area is 164 Å². The van der Waals surface area contributed by atoms with Crippen molar-refractivity contribution < 1.29 is 20.8 Å². The van der Waals surface area contributed by atoms with E-state index in [1.165, 1.54) is 38.6 Å². The fraction of sp³-hybridized carbons (Fsp3) is 0.286. The molecule has 0 saturated heterocycles. The normalized spacial score (nSPS) is 10.6. The van der Waals surface area contributed by atoms with Crippen LogP contribution in [-0.2, 0) is 27.3 Å². The van der Waals surface area contributed by atoms with E-state index in [-0.39, 0.29) is 0 Å². The van der Waals surface area contributed by atoms with Gasteiger partial charge in [0.25, 0.3) is 0 Å². The van der Waals surface area contributed by atoms with Gasteiger partial charge < -0.3 is 0 Å². The Morgan fingerprint density at radius 1 is 1.08 bits per heavy atom. The third-order valence-corrected chi connectivity index (χ3v) is 4.36. The SMILES string of the molecule is CCc1ccccc1-c1c(C(C)C)ccc2[cH-]c(C)cc12.[Cl][Zr][Cl]. The first-order valence-electron chi connectivity index (χ1n) is 8.27. The van der Waals surface area contributed by atoms with Gasteiger partial charge in [0.05, 0.1) is 0 Å². The van der Waals surface area contributed by atoms with Crippen molar-refractivity contribution in [1.82, 2.24) is 0 Å². The third-order valence-electron chi connectivity index (χ3n) is 4.36. The molecule has 0 amide bonds. The summed E-state index contributed by atoms with van der Waals surface area (Å²) in [5.74, 6) is 0.532. The standard InChI is InChI=1S/C21H23.2ClH.Zr/c1-5-16-8-6-7-9-19(16)21-18(14(2)3)11-10-17-12-15(4)13-20(17)21;;;/h6-14H,5H2,1-4H3;2*1H;/q-1;;;+2/p-2. The van der Waals surface area contributed by atoms with Crippen LogP contribution in [-0.4, -0.2) is 0 Å². The number of benzene rings is 2. The fourth-order valence-corrected chi connectivity index (χ4v) is 3.30. The molecule has 3 aromatic carbocycles. The van der Waals surface area contributed by atoms with Crippen LogP contribution in [0.1, 0.15) is 43.4 Å². The van der Waals surface area contributed by atoms with Crippen LogP contribution in [0.15, 0.2) is 48.5 Å². The summed E-state index contributed by atoms with van der Waals surface area (Å²) in [6.45, 7) is 9.00. The number of halogens is 2. The first-order chi connectivity index (χ1) is 11.5. The number of fused-ring (bicyclic) bond motifs is 1. The average Bonchev–Trinajstić information content (AvgIpc) is 2.94. The Morgan fingerprint density at radius 3 is 2.38 bits per heavy atom. The quantitative estimate of drug-likeness (QED) is 0.370. The van der Waals surface area contributed by atoms with E-state index in [2.05, 4.69) is 76.2 Å². The molecule has 0 aliphatic carbocycles. The molecule has 0 unspecified atom stereocenters. The zero-order chi connectivity index (χ0) is 17.7. The summed E-state index contributed by atoms with van der Waals surface area (Å²) in [7, 11) is 9.87. The van der Waals surface area contributed by atoms with Crippen molar-refractivity contribution >= 4 is 27.8 Å². The van der Waals surface area contributed by atoms with Crippen molar-refractivity contribution in [3.8, 4) is 11.1 Å². The van der Waals surface area contributed by atoms with E-state index in [9.17, 15) is 0 Å². The van der Waals surface area contributed by atoms with E-state index < -0.39 is 20.8 Å². The van der Waals surface area contributed by atoms with Crippen LogP contribution in [0.5, 0.6) is 0 Å². The molecular formula is C21H23Cl2Zr-. The molecule has 3 rings (SSSR count). The molecule has 0 radical (unpaired) electrons. The monoisotopic (exact) mass is 435 g/mol. The summed E-state index contributed by atoms with van der Waals surface area (Å²) in [5.41, 5.74) is 7.08. The van der Waals surface area contributed by atoms with Crippen LogP contribution in [0, 0.1) is 6.92 Å². The Hall–Kier alpha value is -0.487. The Kier molecular flexibility index (Phi) is 7.67. The van der Waals surface area contributed by atoms with Crippen LogP contribution in [0.3, 0.4) is 0 Å². The van der Waals surface area contributed by atoms with Gasteiger partial charge in [-0.25, -0.2) is 0 Å². The van der Waals surface area contributed by atoms with Crippen molar-refractivity contribution in [3.63, 3.8) is 0 Å². The van der Waals surface area contributed by atoms with E-state index >= 15 is 0 Å². The molecule has 0 atom stereocenters. The van der Waals surface area contributed by atoms with Crippen molar-refractivity contribution in [2.75, 3.05) is 0 Å². The molecule has 0 aromatic heterocycles. The Bertz CT molecular complexity index is 803. The predicted octanol–water partition coefficient (Wildman–Crippen LogP) is 7.60. The summed E-state index contributed by atoms with van der Waals surface area (Å²) in [4.78, 5) is 0. The topological polar surface area (TPSA) is 0 Å². The second-order valence-corrected chi connectivity index (χ2v) is 10.0. The van der Waals surface area contributed by atoms with Gasteiger partial charge in [0.2, 0.25) is 0 Å². The van der Waals surface area contributed by atoms with Crippen LogP contribution < -0.4 is 0 Å². The average molecular weight is 438 g/mol. The van der Waals surface area contributed by atoms with E-state index in [0.717, 1.165) is 6.42 Å². The minimum atomic E-state index is -0.826. The third kappa shape index (κ3) is 4.37. The number of hydrogen-bond donors (Lipinski definition) is 0. The first kappa shape index (κ1) is 19.8. The van der Waals surface area contributed by atoms with Crippen LogP contribution in [0.4, 0.5) is 0 Å². The molecule has 0 bridgehead atoms. The van der Waals surface area contributed by atoms with Gasteiger partial charge in [-0.3, -0.25) is 0 Å². The molecule has 0 nitrogen and oxygen atoms in total. The van der Waals surface area contributed by atoms with E-state index in [4.69, 9.17) is 17.0 Å². The second kappa shape index (κ2) is 9.28. The molecule has 24 heavy (non-hydrogen) atoms. The van der Waals surface area contributed by atoms with Gasteiger partial charge in [-0.15, -0.1) is 34.5 Å². The van der Waals surface area contributed by atoms with Crippen LogP contribution in [0.2, 0.25) is 0 Å². The molecule has 0 aliphatic heterocycles. The summed E-state index contributed by atoms with van der Waals surface area (Å²) in [5, 5.41) is 2.76. The number of hydrogen-bond acceptors (Lipinski definition) is 0. The molecule has 0 aliphatic rings. The van der Waals surface area contributed by atoms with Gasteiger partial charge in [-0.1, -0.05) is 63.1 Å². The van der Waals surface area contributed by atoms with Crippen molar-refractivity contribution in [1.29, 1.82) is 0 Å². The second-order valence-electron chi connectivity index (χ2n) is 6.30. The molecule has 3 heteroatoms. The van der Waals surface area contributed by atoms with Gasteiger partial charge >= 0.3 is 37.9 Å². The molecule has 3 aromatic rings. The van der Waals surface area contributed by atoms with Crippen molar-refractivity contribution in [2.45, 2.75) is 40.0 Å². The molecule has 0 N–H and O–H groups in total. The molecule has 0 heterocycles. The van der Waals surface area contributed by atoms with Gasteiger partial charge in [0.15, 0.2) is 0 Å². The molecular weight excluding hydrogens is 414 g/mol. The predicted molar refractivity (Wildman–Crippen MR) is 105 cm³/mol. The minimum absolute atomic E-state index is 0.532. The zero-order valence-corrected chi connectivity index (χ0v) is 18.6. The number of rotatable bonds is 3. The Morgan fingerprint density at radius 2 is 1.75 bits per heavy atom. The van der Waals surface area contributed by atoms with Gasteiger partial charge in [0, 0.05) is 0 Å². The summed E-state index contributed by atoms with van der Waals surface area (Å²) in [6, 6.07) is 18.1. The van der Waals surface area contributed by atoms with Gasteiger partial charge in [-0.05, 0) is 23.5 Å². The van der Waals surface area contributed by atoms with E-state index in [0.29, 0.717) is 5.92 Å². The molecule has 0 spiro atoms. The molecule has 126 valence electrons. The maximum absolute atomic E-state index is 4.93. The van der Waals surface area contributed by atoms with Crippen molar-refractivity contribution in [3.05, 3.63) is 65.2 Å². The van der Waals surface area contributed by atoms with Gasteiger partial charge in [0.1, 0.15) is 0 Å². The summed E-state index contributed by atoms with van der Waals surface area (Å²) in [6.07, 6.45) is 1.07. The van der Waals surface area contributed by atoms with Crippen molar-refractivity contribution in [2.24, 2.45) is 0 Å². The fourth-order valence-electron chi connectivity index (χ4n) is 3.30. The summed E-state index contributed by atoms with van der Waals surface area (Å²) >= 11 is -0.826. The first-order valence-corrected chi connectivity index (χ1v) is 14.6. The van der Waals surface area contributed by atoms with Crippen LogP contribution in [0.25, 0.3) is 21.9 Å². The van der Waals surface area contributed by atoms with E-state index in [1.54, 1.807) is 0 Å². The number of aryl methyl sites for hydroxylation is 2. The van der Waals surface area contributed by atoms with Crippen LogP contribution >= 0.6 is 17.0 Å².